The number of hydrogen-bond donors (Lipinski definition) is 0. The molecule has 1 fully saturated rings. The van der Waals surface area contributed by atoms with E-state index >= 15 is 0 Å². The highest BCUT2D eigenvalue weighted by Crippen LogP contribution is 2.40. The van der Waals surface area contributed by atoms with Crippen LogP contribution < -0.4 is 0 Å². The average molecular weight is 150 g/mol. The van der Waals surface area contributed by atoms with Crippen molar-refractivity contribution in [3.05, 3.63) is 11.6 Å². The molecule has 0 heterocycles. The van der Waals surface area contributed by atoms with Gasteiger partial charge in [0, 0.05) is 0 Å². The van der Waals surface area contributed by atoms with Crippen molar-refractivity contribution in [1.29, 1.82) is 0 Å². The maximum Gasteiger partial charge on any atom is 0.145 e. The van der Waals surface area contributed by atoms with Crippen LogP contribution in [0, 0.1) is 11.8 Å². The lowest BCUT2D eigenvalue weighted by molar-refractivity contribution is -0.105. The van der Waals surface area contributed by atoms with Crippen LogP contribution in [0.15, 0.2) is 11.6 Å². The molecule has 1 heteroatoms. The molecule has 0 aromatic rings. The molecule has 1 saturated carbocycles. The highest BCUT2D eigenvalue weighted by atomic mass is 16.1. The number of carbonyl (C=O) groups is 1. The Morgan fingerprint density at radius 1 is 1.36 bits per heavy atom. The molecule has 11 heavy (non-hydrogen) atoms. The van der Waals surface area contributed by atoms with Crippen LogP contribution >= 0.6 is 0 Å². The molecule has 1 nitrogen and oxygen atoms in total. The smallest absolute Gasteiger partial charge is 0.145 e. The van der Waals surface area contributed by atoms with Gasteiger partial charge in [-0.05, 0) is 43.1 Å². The third-order valence-electron chi connectivity index (χ3n) is 3.10. The predicted molar refractivity (Wildman–Crippen MR) is 44.2 cm³/mol. The second-order valence-electron chi connectivity index (χ2n) is 3.75. The highest BCUT2D eigenvalue weighted by molar-refractivity contribution is 5.73. The first kappa shape index (κ1) is 7.08. The van der Waals surface area contributed by atoms with E-state index in [4.69, 9.17) is 0 Å². The summed E-state index contributed by atoms with van der Waals surface area (Å²) < 4.78 is 0. The summed E-state index contributed by atoms with van der Waals surface area (Å²) in [6.45, 7) is 0. The van der Waals surface area contributed by atoms with E-state index in [0.717, 1.165) is 30.1 Å². The minimum absolute atomic E-state index is 0.754. The number of rotatable bonds is 1. The Morgan fingerprint density at radius 2 is 2.27 bits per heavy atom. The van der Waals surface area contributed by atoms with Crippen LogP contribution in [-0.4, -0.2) is 6.29 Å². The molecule has 60 valence electrons. The zero-order valence-electron chi connectivity index (χ0n) is 6.75. The maximum absolute atomic E-state index is 10.5. The minimum Gasteiger partial charge on any atom is -0.298 e. The van der Waals surface area contributed by atoms with Crippen LogP contribution in [0.3, 0.4) is 0 Å². The van der Waals surface area contributed by atoms with Crippen molar-refractivity contribution in [3.8, 4) is 0 Å². The number of allylic oxidation sites excluding steroid dienone is 2. The third kappa shape index (κ3) is 1.24. The summed E-state index contributed by atoms with van der Waals surface area (Å²) in [5.74, 6) is 1.67. The number of aldehydes is 1. The first-order chi connectivity index (χ1) is 5.40. The van der Waals surface area contributed by atoms with Crippen molar-refractivity contribution >= 4 is 6.29 Å². The molecule has 0 N–H and O–H groups in total. The Balaban J connectivity index is 2.13. The van der Waals surface area contributed by atoms with E-state index in [1.807, 2.05) is 0 Å². The van der Waals surface area contributed by atoms with Crippen molar-refractivity contribution in [2.24, 2.45) is 11.8 Å². The van der Waals surface area contributed by atoms with E-state index in [1.54, 1.807) is 0 Å². The molecule has 2 rings (SSSR count). The van der Waals surface area contributed by atoms with E-state index in [1.165, 1.54) is 25.7 Å². The molecular weight excluding hydrogens is 136 g/mol. The van der Waals surface area contributed by atoms with Gasteiger partial charge in [-0.25, -0.2) is 0 Å². The van der Waals surface area contributed by atoms with Gasteiger partial charge in [0.2, 0.25) is 0 Å². The van der Waals surface area contributed by atoms with Gasteiger partial charge < -0.3 is 0 Å². The summed E-state index contributed by atoms with van der Waals surface area (Å²) in [6, 6.07) is 0. The third-order valence-corrected chi connectivity index (χ3v) is 3.10. The van der Waals surface area contributed by atoms with E-state index in [-0.39, 0.29) is 0 Å². The molecule has 0 radical (unpaired) electrons. The monoisotopic (exact) mass is 150 g/mol. The molecule has 0 bridgehead atoms. The normalized spacial score (nSPS) is 36.2. The Labute approximate surface area is 67.5 Å². The molecule has 0 spiro atoms. The molecule has 0 aromatic carbocycles. The fraction of sp³-hybridized carbons (Fsp3) is 0.700. The SMILES string of the molecule is O=CC1=C[C@H]2CCC[C@H]2CC1. The van der Waals surface area contributed by atoms with Crippen LogP contribution in [0.25, 0.3) is 0 Å². The van der Waals surface area contributed by atoms with Crippen molar-refractivity contribution in [2.75, 3.05) is 0 Å². The number of fused-ring (bicyclic) bond motifs is 1. The molecule has 0 aliphatic heterocycles. The first-order valence-corrected chi connectivity index (χ1v) is 4.56. The van der Waals surface area contributed by atoms with Crippen molar-refractivity contribution in [2.45, 2.75) is 32.1 Å². The van der Waals surface area contributed by atoms with E-state index in [0.29, 0.717) is 0 Å². The van der Waals surface area contributed by atoms with Gasteiger partial charge >= 0.3 is 0 Å². The Bertz CT molecular complexity index is 193. The van der Waals surface area contributed by atoms with Crippen molar-refractivity contribution in [3.63, 3.8) is 0 Å². The van der Waals surface area contributed by atoms with Gasteiger partial charge in [-0.3, -0.25) is 4.79 Å². The number of hydrogen-bond acceptors (Lipinski definition) is 1. The summed E-state index contributed by atoms with van der Waals surface area (Å²) in [7, 11) is 0. The zero-order chi connectivity index (χ0) is 7.68. The van der Waals surface area contributed by atoms with Crippen LogP contribution in [0.5, 0.6) is 0 Å². The quantitative estimate of drug-likeness (QED) is 0.524. The molecule has 0 aromatic heterocycles. The molecule has 2 aliphatic rings. The van der Waals surface area contributed by atoms with Gasteiger partial charge in [-0.15, -0.1) is 0 Å². The van der Waals surface area contributed by atoms with Gasteiger partial charge in [0.25, 0.3) is 0 Å². The van der Waals surface area contributed by atoms with E-state index in [2.05, 4.69) is 6.08 Å². The number of carbonyl (C=O) groups excluding carboxylic acids is 1. The molecule has 0 unspecified atom stereocenters. The second-order valence-corrected chi connectivity index (χ2v) is 3.75. The summed E-state index contributed by atoms with van der Waals surface area (Å²) in [6.07, 6.45) is 9.63. The van der Waals surface area contributed by atoms with Crippen molar-refractivity contribution < 1.29 is 4.79 Å². The van der Waals surface area contributed by atoms with E-state index in [9.17, 15) is 4.79 Å². The lowest BCUT2D eigenvalue weighted by Crippen LogP contribution is -2.11. The first-order valence-electron chi connectivity index (χ1n) is 4.56. The Morgan fingerprint density at radius 3 is 3.09 bits per heavy atom. The summed E-state index contributed by atoms with van der Waals surface area (Å²) in [5, 5.41) is 0. The molecule has 0 amide bonds. The van der Waals surface area contributed by atoms with E-state index < -0.39 is 0 Å². The Kier molecular flexibility index (Phi) is 1.80. The molecule has 2 aliphatic carbocycles. The summed E-state index contributed by atoms with van der Waals surface area (Å²) in [5.41, 5.74) is 1.05. The predicted octanol–water partition coefficient (Wildman–Crippen LogP) is 2.32. The maximum atomic E-state index is 10.5. The average Bonchev–Trinajstić information content (AvgIpc) is 2.50. The topological polar surface area (TPSA) is 17.1 Å². The fourth-order valence-electron chi connectivity index (χ4n) is 2.45. The van der Waals surface area contributed by atoms with Gasteiger partial charge in [-0.1, -0.05) is 12.5 Å². The van der Waals surface area contributed by atoms with Gasteiger partial charge in [0.05, 0.1) is 0 Å². The molecular formula is C10H14O. The van der Waals surface area contributed by atoms with Crippen molar-refractivity contribution in [1.82, 2.24) is 0 Å². The minimum atomic E-state index is 0.754. The standard InChI is InChI=1S/C10H14O/c11-7-8-4-5-9-2-1-3-10(9)6-8/h6-7,9-10H,1-5H2/t9-,10+/m0/s1. The van der Waals surface area contributed by atoms with Gasteiger partial charge in [0.15, 0.2) is 0 Å². The summed E-state index contributed by atoms with van der Waals surface area (Å²) in [4.78, 5) is 10.5. The zero-order valence-corrected chi connectivity index (χ0v) is 6.75. The van der Waals surface area contributed by atoms with Gasteiger partial charge in [-0.2, -0.15) is 0 Å². The van der Waals surface area contributed by atoms with Crippen LogP contribution in [0.2, 0.25) is 0 Å². The fourth-order valence-corrected chi connectivity index (χ4v) is 2.45. The Hall–Kier alpha value is -0.590. The molecule has 2 atom stereocenters. The lowest BCUT2D eigenvalue weighted by atomic mass is 9.83. The summed E-state index contributed by atoms with van der Waals surface area (Å²) >= 11 is 0. The largest absolute Gasteiger partial charge is 0.298 e. The lowest BCUT2D eigenvalue weighted by Gasteiger charge is -2.21. The highest BCUT2D eigenvalue weighted by Gasteiger charge is 2.28. The molecule has 0 saturated heterocycles. The van der Waals surface area contributed by atoms with Crippen LogP contribution in [-0.2, 0) is 4.79 Å². The van der Waals surface area contributed by atoms with Crippen LogP contribution in [0.1, 0.15) is 32.1 Å². The van der Waals surface area contributed by atoms with Gasteiger partial charge in [0.1, 0.15) is 6.29 Å². The second kappa shape index (κ2) is 2.80. The van der Waals surface area contributed by atoms with Crippen LogP contribution in [0.4, 0.5) is 0 Å².